The SMILES string of the molecule is CC(C)NC(=O)C1CN(C(=O)c2cccs2)CC1c1ccc(F)cc1. The third-order valence-corrected chi connectivity index (χ3v) is 5.26. The standard InChI is InChI=1S/C19H21FN2O2S/c1-12(2)21-18(23)16-11-22(19(24)17-4-3-9-25-17)10-15(16)13-5-7-14(20)8-6-13/h3-9,12,15-16H,10-11H2,1-2H3,(H,21,23). The molecule has 132 valence electrons. The minimum absolute atomic E-state index is 0.0309. The zero-order valence-electron chi connectivity index (χ0n) is 14.2. The van der Waals surface area contributed by atoms with Crippen molar-refractivity contribution in [2.75, 3.05) is 13.1 Å². The number of nitrogens with one attached hydrogen (secondary N) is 1. The summed E-state index contributed by atoms with van der Waals surface area (Å²) < 4.78 is 13.2. The average molecular weight is 360 g/mol. The van der Waals surface area contributed by atoms with E-state index in [-0.39, 0.29) is 35.5 Å². The molecule has 1 saturated heterocycles. The molecule has 2 atom stereocenters. The van der Waals surface area contributed by atoms with Crippen LogP contribution < -0.4 is 5.32 Å². The van der Waals surface area contributed by atoms with E-state index in [1.165, 1.54) is 23.5 Å². The lowest BCUT2D eigenvalue weighted by molar-refractivity contribution is -0.125. The second-order valence-electron chi connectivity index (χ2n) is 6.62. The van der Waals surface area contributed by atoms with Crippen molar-refractivity contribution in [2.24, 2.45) is 5.92 Å². The Kier molecular flexibility index (Phi) is 5.18. The average Bonchev–Trinajstić information content (AvgIpc) is 3.24. The van der Waals surface area contributed by atoms with E-state index >= 15 is 0 Å². The second kappa shape index (κ2) is 7.35. The molecule has 25 heavy (non-hydrogen) atoms. The number of hydrogen-bond donors (Lipinski definition) is 1. The lowest BCUT2D eigenvalue weighted by Crippen LogP contribution is -2.39. The minimum Gasteiger partial charge on any atom is -0.354 e. The number of nitrogens with zero attached hydrogens (tertiary/aromatic N) is 1. The van der Waals surface area contributed by atoms with Gasteiger partial charge in [0.2, 0.25) is 5.91 Å². The van der Waals surface area contributed by atoms with Gasteiger partial charge in [-0.3, -0.25) is 9.59 Å². The molecule has 3 rings (SSSR count). The molecule has 2 heterocycles. The maximum absolute atomic E-state index is 13.2. The summed E-state index contributed by atoms with van der Waals surface area (Å²) in [5.74, 6) is -0.899. The van der Waals surface area contributed by atoms with Crippen molar-refractivity contribution in [1.82, 2.24) is 10.2 Å². The van der Waals surface area contributed by atoms with Crippen LogP contribution in [0, 0.1) is 11.7 Å². The molecule has 0 spiro atoms. The van der Waals surface area contributed by atoms with E-state index in [0.717, 1.165) is 5.56 Å². The molecule has 6 heteroatoms. The van der Waals surface area contributed by atoms with Gasteiger partial charge in [0.05, 0.1) is 10.8 Å². The topological polar surface area (TPSA) is 49.4 Å². The first-order chi connectivity index (χ1) is 12.0. The Balaban J connectivity index is 1.85. The number of benzene rings is 1. The Hall–Kier alpha value is -2.21. The molecule has 1 N–H and O–H groups in total. The molecule has 2 aromatic rings. The summed E-state index contributed by atoms with van der Waals surface area (Å²) in [6.45, 7) is 4.65. The molecule has 0 radical (unpaired) electrons. The highest BCUT2D eigenvalue weighted by Gasteiger charge is 2.40. The van der Waals surface area contributed by atoms with Crippen molar-refractivity contribution in [3.8, 4) is 0 Å². The van der Waals surface area contributed by atoms with Gasteiger partial charge in [-0.25, -0.2) is 4.39 Å². The fourth-order valence-electron chi connectivity index (χ4n) is 3.23. The zero-order chi connectivity index (χ0) is 18.0. The van der Waals surface area contributed by atoms with Gasteiger partial charge in [0.1, 0.15) is 5.82 Å². The van der Waals surface area contributed by atoms with Crippen molar-refractivity contribution in [3.63, 3.8) is 0 Å². The third-order valence-electron chi connectivity index (χ3n) is 4.40. The van der Waals surface area contributed by atoms with Crippen molar-refractivity contribution in [2.45, 2.75) is 25.8 Å². The third kappa shape index (κ3) is 3.90. The van der Waals surface area contributed by atoms with Crippen molar-refractivity contribution in [3.05, 3.63) is 58.0 Å². The normalized spacial score (nSPS) is 20.1. The first-order valence-corrected chi connectivity index (χ1v) is 9.22. The highest BCUT2D eigenvalue weighted by atomic mass is 32.1. The highest BCUT2D eigenvalue weighted by molar-refractivity contribution is 7.12. The van der Waals surface area contributed by atoms with Crippen LogP contribution in [0.25, 0.3) is 0 Å². The van der Waals surface area contributed by atoms with Crippen LogP contribution in [0.1, 0.15) is 35.0 Å². The Morgan fingerprint density at radius 1 is 1.20 bits per heavy atom. The quantitative estimate of drug-likeness (QED) is 0.910. The highest BCUT2D eigenvalue weighted by Crippen LogP contribution is 2.34. The van der Waals surface area contributed by atoms with Gasteiger partial charge in [0, 0.05) is 25.0 Å². The molecule has 2 amide bonds. The Labute approximate surface area is 150 Å². The number of carbonyl (C=O) groups excluding carboxylic acids is 2. The van der Waals surface area contributed by atoms with Crippen LogP contribution in [-0.4, -0.2) is 35.8 Å². The molecule has 2 unspecified atom stereocenters. The molecule has 0 aliphatic carbocycles. The molecular formula is C19H21FN2O2S. The fourth-order valence-corrected chi connectivity index (χ4v) is 3.92. The van der Waals surface area contributed by atoms with Crippen molar-refractivity contribution < 1.29 is 14.0 Å². The summed E-state index contributed by atoms with van der Waals surface area (Å²) in [6, 6.07) is 9.87. The number of carbonyl (C=O) groups is 2. The Morgan fingerprint density at radius 2 is 1.92 bits per heavy atom. The van der Waals surface area contributed by atoms with E-state index in [9.17, 15) is 14.0 Å². The minimum atomic E-state index is -0.336. The van der Waals surface area contributed by atoms with Crippen LogP contribution in [0.15, 0.2) is 41.8 Å². The number of thiophene rings is 1. The van der Waals surface area contributed by atoms with Crippen LogP contribution in [-0.2, 0) is 4.79 Å². The van der Waals surface area contributed by atoms with Gasteiger partial charge in [0.15, 0.2) is 0 Å². The Bertz CT molecular complexity index is 743. The molecule has 1 aliphatic rings. The van der Waals surface area contributed by atoms with E-state index in [4.69, 9.17) is 0 Å². The molecule has 1 aliphatic heterocycles. The molecule has 0 bridgehead atoms. The summed E-state index contributed by atoms with van der Waals surface area (Å²) in [6.07, 6.45) is 0. The molecule has 1 fully saturated rings. The van der Waals surface area contributed by atoms with Crippen molar-refractivity contribution in [1.29, 1.82) is 0 Å². The first kappa shape index (κ1) is 17.6. The summed E-state index contributed by atoms with van der Waals surface area (Å²) in [5, 5.41) is 4.81. The molecular weight excluding hydrogens is 339 g/mol. The van der Waals surface area contributed by atoms with Crippen LogP contribution in [0.4, 0.5) is 4.39 Å². The maximum Gasteiger partial charge on any atom is 0.263 e. The van der Waals surface area contributed by atoms with Gasteiger partial charge >= 0.3 is 0 Å². The zero-order valence-corrected chi connectivity index (χ0v) is 15.1. The maximum atomic E-state index is 13.2. The van der Waals surface area contributed by atoms with Gasteiger partial charge in [-0.05, 0) is 43.0 Å². The summed E-state index contributed by atoms with van der Waals surface area (Å²) >= 11 is 1.40. The summed E-state index contributed by atoms with van der Waals surface area (Å²) in [5.41, 5.74) is 0.881. The lowest BCUT2D eigenvalue weighted by atomic mass is 9.88. The van der Waals surface area contributed by atoms with Crippen LogP contribution >= 0.6 is 11.3 Å². The lowest BCUT2D eigenvalue weighted by Gasteiger charge is -2.19. The van der Waals surface area contributed by atoms with E-state index in [1.807, 2.05) is 25.3 Å². The number of amides is 2. The smallest absolute Gasteiger partial charge is 0.263 e. The largest absolute Gasteiger partial charge is 0.354 e. The summed E-state index contributed by atoms with van der Waals surface area (Å²) in [7, 11) is 0. The molecule has 0 saturated carbocycles. The fraction of sp³-hybridized carbons (Fsp3) is 0.368. The van der Waals surface area contributed by atoms with E-state index < -0.39 is 0 Å². The van der Waals surface area contributed by atoms with Gasteiger partial charge in [-0.2, -0.15) is 0 Å². The van der Waals surface area contributed by atoms with Gasteiger partial charge < -0.3 is 10.2 Å². The number of likely N-dealkylation sites (tertiary alicyclic amines) is 1. The molecule has 1 aromatic carbocycles. The number of rotatable bonds is 4. The van der Waals surface area contributed by atoms with E-state index in [0.29, 0.717) is 18.0 Å². The van der Waals surface area contributed by atoms with E-state index in [1.54, 1.807) is 23.1 Å². The summed E-state index contributed by atoms with van der Waals surface area (Å²) in [4.78, 5) is 27.7. The van der Waals surface area contributed by atoms with Gasteiger partial charge in [-0.15, -0.1) is 11.3 Å². The van der Waals surface area contributed by atoms with Gasteiger partial charge in [-0.1, -0.05) is 18.2 Å². The number of halogens is 1. The second-order valence-corrected chi connectivity index (χ2v) is 7.56. The van der Waals surface area contributed by atoms with Crippen molar-refractivity contribution >= 4 is 23.2 Å². The molecule has 4 nitrogen and oxygen atoms in total. The van der Waals surface area contributed by atoms with E-state index in [2.05, 4.69) is 5.32 Å². The van der Waals surface area contributed by atoms with Crippen LogP contribution in [0.3, 0.4) is 0 Å². The number of hydrogen-bond acceptors (Lipinski definition) is 3. The first-order valence-electron chi connectivity index (χ1n) is 8.34. The van der Waals surface area contributed by atoms with Crippen LogP contribution in [0.2, 0.25) is 0 Å². The van der Waals surface area contributed by atoms with Crippen LogP contribution in [0.5, 0.6) is 0 Å². The Morgan fingerprint density at radius 3 is 2.52 bits per heavy atom. The molecule has 1 aromatic heterocycles. The predicted octanol–water partition coefficient (Wildman–Crippen LogP) is 3.27. The monoisotopic (exact) mass is 360 g/mol. The van der Waals surface area contributed by atoms with Gasteiger partial charge in [0.25, 0.3) is 5.91 Å². The predicted molar refractivity (Wildman–Crippen MR) is 96.1 cm³/mol.